The van der Waals surface area contributed by atoms with Crippen LogP contribution in [0.4, 0.5) is 14.5 Å². The molecule has 7 nitrogen and oxygen atoms in total. The second-order valence-electron chi connectivity index (χ2n) is 9.51. The molecule has 2 aliphatic heterocycles. The average Bonchev–Trinajstić information content (AvgIpc) is 2.82. The average molecular weight is 495 g/mol. The minimum absolute atomic E-state index is 0.0848. The van der Waals surface area contributed by atoms with E-state index in [-0.39, 0.29) is 24.2 Å². The zero-order valence-corrected chi connectivity index (χ0v) is 20.6. The second kappa shape index (κ2) is 9.56. The summed E-state index contributed by atoms with van der Waals surface area (Å²) in [6.07, 6.45) is 1.51. The topological polar surface area (TPSA) is 81.8 Å². The van der Waals surface area contributed by atoms with Gasteiger partial charge in [-0.2, -0.15) is 0 Å². The molecule has 0 fully saturated rings. The molecule has 1 atom stereocenters. The Hall–Kier alpha value is -4.01. The van der Waals surface area contributed by atoms with E-state index >= 15 is 0 Å². The first kappa shape index (κ1) is 25.1. The lowest BCUT2D eigenvalue weighted by atomic mass is 9.96. The molecular weight excluding hydrogens is 466 g/mol. The van der Waals surface area contributed by atoms with E-state index in [0.29, 0.717) is 5.70 Å². The normalized spacial score (nSPS) is 18.0. The van der Waals surface area contributed by atoms with Gasteiger partial charge in [-0.3, -0.25) is 14.4 Å². The quantitative estimate of drug-likeness (QED) is 0.666. The highest BCUT2D eigenvalue weighted by Gasteiger charge is 2.41. The van der Waals surface area contributed by atoms with Gasteiger partial charge in [-0.1, -0.05) is 12.1 Å². The zero-order valence-electron chi connectivity index (χ0n) is 20.6. The lowest BCUT2D eigenvalue weighted by Crippen LogP contribution is -2.60. The van der Waals surface area contributed by atoms with Crippen LogP contribution in [0.2, 0.25) is 0 Å². The molecule has 0 aromatic heterocycles. The van der Waals surface area contributed by atoms with Crippen molar-refractivity contribution in [3.05, 3.63) is 88.8 Å². The van der Waals surface area contributed by atoms with Gasteiger partial charge in [0.1, 0.15) is 23.2 Å². The van der Waals surface area contributed by atoms with Gasteiger partial charge in [0.25, 0.3) is 5.91 Å². The molecule has 0 unspecified atom stereocenters. The van der Waals surface area contributed by atoms with E-state index in [4.69, 9.17) is 0 Å². The van der Waals surface area contributed by atoms with Crippen molar-refractivity contribution in [2.75, 3.05) is 18.5 Å². The summed E-state index contributed by atoms with van der Waals surface area (Å²) < 4.78 is 28.0. The molecule has 2 aromatic rings. The Bertz CT molecular complexity index is 1280. The number of nitrogens with one attached hydrogen (secondary N) is 2. The van der Waals surface area contributed by atoms with Crippen molar-refractivity contribution in [2.24, 2.45) is 0 Å². The third-order valence-corrected chi connectivity index (χ3v) is 6.36. The van der Waals surface area contributed by atoms with Crippen LogP contribution in [0.1, 0.15) is 36.2 Å². The van der Waals surface area contributed by atoms with E-state index in [1.165, 1.54) is 44.0 Å². The van der Waals surface area contributed by atoms with E-state index < -0.39 is 40.9 Å². The van der Waals surface area contributed by atoms with Gasteiger partial charge in [0.15, 0.2) is 0 Å². The maximum absolute atomic E-state index is 14.8. The fourth-order valence-corrected chi connectivity index (χ4v) is 4.35. The molecular formula is C27H28F2N4O3. The summed E-state index contributed by atoms with van der Waals surface area (Å²) in [7, 11) is 1.48. The van der Waals surface area contributed by atoms with Gasteiger partial charge in [0.05, 0.1) is 5.70 Å². The fraction of sp³-hybridized carbons (Fsp3) is 0.296. The predicted octanol–water partition coefficient (Wildman–Crippen LogP) is 3.57. The minimum Gasteiger partial charge on any atom is -0.342 e. The number of hydrogen-bond donors (Lipinski definition) is 2. The van der Waals surface area contributed by atoms with Gasteiger partial charge in [-0.15, -0.1) is 0 Å². The van der Waals surface area contributed by atoms with Crippen molar-refractivity contribution in [3.63, 3.8) is 0 Å². The van der Waals surface area contributed by atoms with Crippen LogP contribution < -0.4 is 15.5 Å². The van der Waals surface area contributed by atoms with Gasteiger partial charge in [-0.25, -0.2) is 8.78 Å². The second-order valence-corrected chi connectivity index (χ2v) is 9.51. The molecule has 0 saturated carbocycles. The maximum atomic E-state index is 14.8. The Morgan fingerprint density at radius 2 is 1.78 bits per heavy atom. The predicted molar refractivity (Wildman–Crippen MR) is 132 cm³/mol. The largest absolute Gasteiger partial charge is 0.342 e. The highest BCUT2D eigenvalue weighted by molar-refractivity contribution is 6.00. The number of amides is 3. The molecule has 4 rings (SSSR count). The van der Waals surface area contributed by atoms with Crippen molar-refractivity contribution >= 4 is 23.4 Å². The van der Waals surface area contributed by atoms with Gasteiger partial charge in [0.2, 0.25) is 11.8 Å². The number of nitrogens with zero attached hydrogens (tertiary/aromatic N) is 2. The first-order chi connectivity index (χ1) is 17.0. The number of carbonyl (C=O) groups is 3. The molecule has 3 amide bonds. The van der Waals surface area contributed by atoms with Crippen LogP contribution in [0.5, 0.6) is 0 Å². The van der Waals surface area contributed by atoms with Crippen molar-refractivity contribution in [3.8, 4) is 0 Å². The molecule has 188 valence electrons. The van der Waals surface area contributed by atoms with Crippen LogP contribution >= 0.6 is 0 Å². The van der Waals surface area contributed by atoms with Gasteiger partial charge < -0.3 is 20.4 Å². The molecule has 2 heterocycles. The molecule has 0 bridgehead atoms. The summed E-state index contributed by atoms with van der Waals surface area (Å²) in [4.78, 5) is 42.0. The molecule has 0 spiro atoms. The summed E-state index contributed by atoms with van der Waals surface area (Å²) >= 11 is 0. The van der Waals surface area contributed by atoms with Crippen LogP contribution in [-0.2, 0) is 9.59 Å². The summed E-state index contributed by atoms with van der Waals surface area (Å²) in [6, 6.07) is 11.7. The van der Waals surface area contributed by atoms with Crippen molar-refractivity contribution in [2.45, 2.75) is 38.8 Å². The van der Waals surface area contributed by atoms with Crippen molar-refractivity contribution in [1.82, 2.24) is 15.5 Å². The molecule has 0 aliphatic carbocycles. The number of carbonyl (C=O) groups excluding carboxylic acids is 3. The Labute approximate surface area is 208 Å². The molecule has 2 N–H and O–H groups in total. The standard InChI is InChI=1S/C27H28F2N4O3/c1-16-6-5-7-19(14-16)33-13-12-20(29)23-22(33)15-21(25(35)32(23)4)30-26(36)27(2,3)31-24(34)17-8-10-18(28)11-9-17/h5-12,14,21H,13,15H2,1-4H3,(H,30,36)(H,31,34)/t21-/m1/s1. The Kier molecular flexibility index (Phi) is 6.67. The zero-order chi connectivity index (χ0) is 26.2. The third kappa shape index (κ3) is 4.86. The number of benzene rings is 2. The summed E-state index contributed by atoms with van der Waals surface area (Å²) in [6.45, 7) is 5.26. The molecule has 36 heavy (non-hydrogen) atoms. The van der Waals surface area contributed by atoms with Crippen LogP contribution in [0.3, 0.4) is 0 Å². The van der Waals surface area contributed by atoms with Crippen LogP contribution in [0.15, 0.2) is 71.8 Å². The smallest absolute Gasteiger partial charge is 0.252 e. The lowest BCUT2D eigenvalue weighted by molar-refractivity contribution is -0.136. The van der Waals surface area contributed by atoms with Crippen molar-refractivity contribution in [1.29, 1.82) is 0 Å². The Balaban J connectivity index is 1.55. The molecule has 0 saturated heterocycles. The Morgan fingerprint density at radius 3 is 2.44 bits per heavy atom. The first-order valence-electron chi connectivity index (χ1n) is 11.6. The van der Waals surface area contributed by atoms with Crippen LogP contribution in [-0.4, -0.2) is 47.8 Å². The highest BCUT2D eigenvalue weighted by Crippen LogP contribution is 2.36. The summed E-state index contributed by atoms with van der Waals surface area (Å²) in [5.74, 6) is -2.57. The van der Waals surface area contributed by atoms with Crippen LogP contribution in [0, 0.1) is 12.7 Å². The number of likely N-dealkylation sites (N-methyl/N-ethyl adjacent to an activating group) is 1. The molecule has 0 radical (unpaired) electrons. The molecule has 2 aliphatic rings. The summed E-state index contributed by atoms with van der Waals surface area (Å²) in [5.41, 5.74) is 1.47. The van der Waals surface area contributed by atoms with Gasteiger partial charge in [-0.05, 0) is 68.8 Å². The highest BCUT2D eigenvalue weighted by atomic mass is 19.1. The lowest BCUT2D eigenvalue weighted by Gasteiger charge is -2.41. The number of anilines is 1. The third-order valence-electron chi connectivity index (χ3n) is 6.36. The number of aryl methyl sites for hydroxylation is 1. The molecule has 9 heteroatoms. The van der Waals surface area contributed by atoms with Gasteiger partial charge in [0, 0.05) is 37.0 Å². The van der Waals surface area contributed by atoms with E-state index in [2.05, 4.69) is 10.6 Å². The van der Waals surface area contributed by atoms with Crippen molar-refractivity contribution < 1.29 is 23.2 Å². The number of allylic oxidation sites excluding steroid dienone is 1. The van der Waals surface area contributed by atoms with E-state index in [9.17, 15) is 23.2 Å². The first-order valence-corrected chi connectivity index (χ1v) is 11.6. The minimum atomic E-state index is -1.38. The number of hydrogen-bond acceptors (Lipinski definition) is 4. The monoisotopic (exact) mass is 494 g/mol. The number of halogens is 2. The van der Waals surface area contributed by atoms with E-state index in [1.54, 1.807) is 0 Å². The fourth-order valence-electron chi connectivity index (χ4n) is 4.35. The Morgan fingerprint density at radius 1 is 1.08 bits per heavy atom. The summed E-state index contributed by atoms with van der Waals surface area (Å²) in [5, 5.41) is 5.35. The van der Waals surface area contributed by atoms with Crippen LogP contribution in [0.25, 0.3) is 0 Å². The van der Waals surface area contributed by atoms with E-state index in [1.807, 2.05) is 36.1 Å². The molecule has 2 aromatic carbocycles. The number of rotatable bonds is 5. The van der Waals surface area contributed by atoms with E-state index in [0.717, 1.165) is 23.4 Å². The maximum Gasteiger partial charge on any atom is 0.252 e. The van der Waals surface area contributed by atoms with Gasteiger partial charge >= 0.3 is 0 Å². The SMILES string of the molecule is Cc1cccc(N2CC=C(F)C3=C2C[C@@H](NC(=O)C(C)(C)NC(=O)c2ccc(F)cc2)C(=O)N3C)c1.